The van der Waals surface area contributed by atoms with Crippen LogP contribution in [0.4, 0.5) is 0 Å². The third-order valence-corrected chi connectivity index (χ3v) is 5.86. The van der Waals surface area contributed by atoms with Crippen molar-refractivity contribution in [2.45, 2.75) is 44.9 Å². The lowest BCUT2D eigenvalue weighted by molar-refractivity contribution is -0.00692. The first-order valence-electron chi connectivity index (χ1n) is 12.1. The van der Waals surface area contributed by atoms with E-state index in [1.54, 1.807) is 12.1 Å². The molecule has 0 atom stereocenters. The zero-order valence-electron chi connectivity index (χ0n) is 20.2. The normalized spacial score (nSPS) is 18.9. The van der Waals surface area contributed by atoms with Crippen LogP contribution in [-0.2, 0) is 29.1 Å². The Labute approximate surface area is 200 Å². The van der Waals surface area contributed by atoms with Gasteiger partial charge in [0.25, 0.3) is 0 Å². The van der Waals surface area contributed by atoms with E-state index in [9.17, 15) is 9.59 Å². The molecule has 188 valence electrons. The number of carbonyl (C=O) groups is 2. The van der Waals surface area contributed by atoms with Crippen LogP contribution in [0.15, 0.2) is 24.3 Å². The minimum Gasteiger partial charge on any atom is -0.459 e. The molecule has 0 saturated carbocycles. The quantitative estimate of drug-likeness (QED) is 0.649. The molecule has 0 saturated heterocycles. The Morgan fingerprint density at radius 2 is 1.03 bits per heavy atom. The predicted octanol–water partition coefficient (Wildman–Crippen LogP) is 3.61. The van der Waals surface area contributed by atoms with E-state index in [4.69, 9.17) is 23.7 Å². The summed E-state index contributed by atoms with van der Waals surface area (Å²) in [6.07, 6.45) is 3.54. The Morgan fingerprint density at radius 1 is 0.647 bits per heavy atom. The van der Waals surface area contributed by atoms with Gasteiger partial charge >= 0.3 is 11.9 Å². The fraction of sp³-hybridized carbons (Fsp3) is 0.600. The second-order valence-corrected chi connectivity index (χ2v) is 8.26. The van der Waals surface area contributed by atoms with E-state index < -0.39 is 17.4 Å². The van der Waals surface area contributed by atoms with Crippen LogP contribution < -0.4 is 0 Å². The van der Waals surface area contributed by atoms with E-state index in [2.05, 4.69) is 23.8 Å². The number of aromatic amines is 2. The Balaban J connectivity index is 1.85. The summed E-state index contributed by atoms with van der Waals surface area (Å²) in [6, 6.07) is 7.36. The van der Waals surface area contributed by atoms with E-state index in [1.165, 1.54) is 0 Å². The fourth-order valence-electron chi connectivity index (χ4n) is 4.33. The molecule has 3 heterocycles. The molecule has 0 spiro atoms. The molecule has 3 rings (SSSR count). The molecule has 0 unspecified atom stereocenters. The topological polar surface area (TPSA) is 112 Å². The van der Waals surface area contributed by atoms with E-state index in [0.717, 1.165) is 37.1 Å². The molecule has 0 radical (unpaired) electrons. The van der Waals surface area contributed by atoms with Crippen molar-refractivity contribution >= 4 is 11.9 Å². The van der Waals surface area contributed by atoms with Gasteiger partial charge in [0.2, 0.25) is 0 Å². The van der Waals surface area contributed by atoms with Crippen molar-refractivity contribution in [3.05, 3.63) is 47.0 Å². The third-order valence-electron chi connectivity index (χ3n) is 5.86. The molecule has 0 fully saturated rings. The molecule has 0 aliphatic carbocycles. The monoisotopic (exact) mass is 476 g/mol. The Bertz CT molecular complexity index is 832. The van der Waals surface area contributed by atoms with Crippen LogP contribution in [0.5, 0.6) is 0 Å². The Morgan fingerprint density at radius 3 is 1.41 bits per heavy atom. The lowest BCUT2D eigenvalue weighted by Crippen LogP contribution is -2.29. The number of hydrogen-bond donors (Lipinski definition) is 2. The number of ether oxygens (including phenoxy) is 5. The number of carbonyl (C=O) groups excluding carboxylic acids is 2. The zero-order chi connectivity index (χ0) is 24.2. The van der Waals surface area contributed by atoms with Gasteiger partial charge in [0.1, 0.15) is 24.6 Å². The highest BCUT2D eigenvalue weighted by Crippen LogP contribution is 2.40. The number of cyclic esters (lactones) is 2. The van der Waals surface area contributed by atoms with Crippen LogP contribution in [0.2, 0.25) is 0 Å². The molecule has 2 aromatic rings. The first kappa shape index (κ1) is 26.0. The molecular formula is C25H36N2O7. The number of H-pyrrole nitrogens is 2. The predicted molar refractivity (Wildman–Crippen MR) is 125 cm³/mol. The Hall–Kier alpha value is -2.62. The average Bonchev–Trinajstić information content (AvgIpc) is 3.52. The maximum atomic E-state index is 12.6. The lowest BCUT2D eigenvalue weighted by Gasteiger charge is -2.32. The second-order valence-electron chi connectivity index (χ2n) is 8.26. The number of rotatable bonds is 4. The highest BCUT2D eigenvalue weighted by molar-refractivity contribution is 5.88. The van der Waals surface area contributed by atoms with Gasteiger partial charge in [-0.25, -0.2) is 9.59 Å². The third kappa shape index (κ3) is 6.71. The molecule has 2 aromatic heterocycles. The maximum Gasteiger partial charge on any atom is 0.354 e. The molecule has 1 aliphatic rings. The van der Waals surface area contributed by atoms with Gasteiger partial charge in [-0.2, -0.15) is 0 Å². The summed E-state index contributed by atoms with van der Waals surface area (Å²) in [6.45, 7) is 6.79. The SMILES string of the molecule is CCCC1(CCC)c2ccc([nH]2)C(=O)OCCOCCOCCOCCOC(=O)c2ccc1[nH]2. The minimum atomic E-state index is -0.428. The summed E-state index contributed by atoms with van der Waals surface area (Å²) >= 11 is 0. The lowest BCUT2D eigenvalue weighted by atomic mass is 9.74. The second kappa shape index (κ2) is 13.3. The van der Waals surface area contributed by atoms with Crippen molar-refractivity contribution in [1.29, 1.82) is 0 Å². The smallest absolute Gasteiger partial charge is 0.354 e. The standard InChI is InChI=1S/C25H36N2O7/c1-3-9-25(10-4-2)21-7-5-19(26-21)23(28)33-17-15-31-13-11-30-12-14-32-16-18-34-24(29)20-6-8-22(25)27-20/h5-8,26-27H,3-4,9-18H2,1-2H3. The fourth-order valence-corrected chi connectivity index (χ4v) is 4.33. The molecule has 34 heavy (non-hydrogen) atoms. The van der Waals surface area contributed by atoms with E-state index in [0.29, 0.717) is 51.0 Å². The first-order valence-corrected chi connectivity index (χ1v) is 12.1. The number of esters is 2. The zero-order valence-corrected chi connectivity index (χ0v) is 20.2. The van der Waals surface area contributed by atoms with Crippen molar-refractivity contribution in [2.75, 3.05) is 52.9 Å². The number of nitrogens with one attached hydrogen (secondary N) is 2. The number of hydrogen-bond acceptors (Lipinski definition) is 7. The molecule has 9 heteroatoms. The van der Waals surface area contributed by atoms with Gasteiger partial charge < -0.3 is 33.7 Å². The first-order chi connectivity index (χ1) is 16.6. The summed E-state index contributed by atoms with van der Waals surface area (Å²) in [5.74, 6) is -0.855. The van der Waals surface area contributed by atoms with E-state index in [1.807, 2.05) is 12.1 Å². The van der Waals surface area contributed by atoms with Gasteiger partial charge in [0, 0.05) is 11.4 Å². The summed E-state index contributed by atoms with van der Waals surface area (Å²) in [5.41, 5.74) is 2.21. The van der Waals surface area contributed by atoms with Crippen LogP contribution in [-0.4, -0.2) is 74.8 Å². The number of fused-ring (bicyclic) bond motifs is 4. The van der Waals surface area contributed by atoms with Crippen LogP contribution >= 0.6 is 0 Å². The largest absolute Gasteiger partial charge is 0.459 e. The van der Waals surface area contributed by atoms with Gasteiger partial charge in [0.05, 0.1) is 45.1 Å². The Kier molecular flexibility index (Phi) is 10.2. The van der Waals surface area contributed by atoms with Crippen molar-refractivity contribution in [3.63, 3.8) is 0 Å². The molecule has 0 aromatic carbocycles. The summed E-state index contributed by atoms with van der Waals surface area (Å²) in [4.78, 5) is 31.7. The molecule has 0 amide bonds. The summed E-state index contributed by atoms with van der Waals surface area (Å²) < 4.78 is 27.0. The van der Waals surface area contributed by atoms with Crippen molar-refractivity contribution < 1.29 is 33.3 Å². The van der Waals surface area contributed by atoms with E-state index in [-0.39, 0.29) is 13.2 Å². The maximum absolute atomic E-state index is 12.6. The molecule has 4 bridgehead atoms. The van der Waals surface area contributed by atoms with E-state index >= 15 is 0 Å². The highest BCUT2D eigenvalue weighted by atomic mass is 16.6. The molecule has 9 nitrogen and oxygen atoms in total. The summed E-state index contributed by atoms with van der Waals surface area (Å²) in [7, 11) is 0. The van der Waals surface area contributed by atoms with Crippen LogP contribution in [0.25, 0.3) is 0 Å². The number of aromatic nitrogens is 2. The average molecular weight is 477 g/mol. The molecule has 1 aliphatic heterocycles. The van der Waals surface area contributed by atoms with Gasteiger partial charge in [-0.1, -0.05) is 26.7 Å². The van der Waals surface area contributed by atoms with Crippen LogP contribution in [0.1, 0.15) is 71.9 Å². The van der Waals surface area contributed by atoms with Crippen LogP contribution in [0, 0.1) is 0 Å². The van der Waals surface area contributed by atoms with Crippen molar-refractivity contribution in [3.8, 4) is 0 Å². The van der Waals surface area contributed by atoms with Crippen LogP contribution in [0.3, 0.4) is 0 Å². The van der Waals surface area contributed by atoms with Crippen molar-refractivity contribution in [2.24, 2.45) is 0 Å². The van der Waals surface area contributed by atoms with Crippen molar-refractivity contribution in [1.82, 2.24) is 9.97 Å². The molecular weight excluding hydrogens is 440 g/mol. The summed E-state index contributed by atoms with van der Waals surface area (Å²) in [5, 5.41) is 0. The minimum absolute atomic E-state index is 0.160. The van der Waals surface area contributed by atoms with Gasteiger partial charge in [0.15, 0.2) is 0 Å². The highest BCUT2D eigenvalue weighted by Gasteiger charge is 2.36. The molecule has 2 N–H and O–H groups in total. The van der Waals surface area contributed by atoms with Gasteiger partial charge in [-0.3, -0.25) is 0 Å². The van der Waals surface area contributed by atoms with Gasteiger partial charge in [-0.05, 0) is 37.1 Å². The van der Waals surface area contributed by atoms with Gasteiger partial charge in [-0.15, -0.1) is 0 Å².